The molecule has 5 nitrogen and oxygen atoms in total. The molecule has 22 heavy (non-hydrogen) atoms. The molecule has 1 atom stereocenters. The molecule has 114 valence electrons. The standard InChI is InChI=1S/C16H16N2O3S/c1-18-11-5-2-3-6-12(11)21-13(16(18)20)8-9-17-15(19)14-7-4-10-22-14/h2-7,10,13H,8-9H2,1H3,(H,17,19). The minimum absolute atomic E-state index is 0.0935. The van der Waals surface area contributed by atoms with E-state index in [1.165, 1.54) is 11.3 Å². The first-order valence-electron chi connectivity index (χ1n) is 7.02. The van der Waals surface area contributed by atoms with Crippen molar-refractivity contribution in [2.75, 3.05) is 18.5 Å². The van der Waals surface area contributed by atoms with Crippen LogP contribution in [-0.4, -0.2) is 31.5 Å². The quantitative estimate of drug-likeness (QED) is 0.941. The first kappa shape index (κ1) is 14.6. The summed E-state index contributed by atoms with van der Waals surface area (Å²) in [6.07, 6.45) is -0.127. The fourth-order valence-electron chi connectivity index (χ4n) is 2.37. The zero-order valence-electron chi connectivity index (χ0n) is 12.1. The molecular weight excluding hydrogens is 300 g/mol. The molecule has 2 heterocycles. The van der Waals surface area contributed by atoms with Gasteiger partial charge in [-0.3, -0.25) is 9.59 Å². The predicted molar refractivity (Wildman–Crippen MR) is 85.5 cm³/mol. The number of anilines is 1. The molecule has 0 saturated carbocycles. The number of hydrogen-bond acceptors (Lipinski definition) is 4. The van der Waals surface area contributed by atoms with Gasteiger partial charge in [0.2, 0.25) is 0 Å². The van der Waals surface area contributed by atoms with Crippen LogP contribution in [0.1, 0.15) is 16.1 Å². The average Bonchev–Trinajstić information content (AvgIpc) is 3.06. The maximum Gasteiger partial charge on any atom is 0.267 e. The molecule has 0 aliphatic carbocycles. The van der Waals surface area contributed by atoms with E-state index in [-0.39, 0.29) is 11.8 Å². The molecule has 2 amide bonds. The Hall–Kier alpha value is -2.34. The lowest BCUT2D eigenvalue weighted by Gasteiger charge is -2.31. The van der Waals surface area contributed by atoms with Crippen molar-refractivity contribution >= 4 is 28.8 Å². The number of ether oxygens (including phenoxy) is 1. The van der Waals surface area contributed by atoms with Crippen molar-refractivity contribution in [3.05, 3.63) is 46.7 Å². The lowest BCUT2D eigenvalue weighted by Crippen LogP contribution is -2.45. The van der Waals surface area contributed by atoms with E-state index < -0.39 is 6.10 Å². The Morgan fingerprint density at radius 2 is 2.14 bits per heavy atom. The number of hydrogen-bond donors (Lipinski definition) is 1. The molecule has 0 radical (unpaired) electrons. The summed E-state index contributed by atoms with van der Waals surface area (Å²) in [4.78, 5) is 26.4. The highest BCUT2D eigenvalue weighted by Gasteiger charge is 2.31. The largest absolute Gasteiger partial charge is 0.478 e. The second-order valence-corrected chi connectivity index (χ2v) is 5.94. The number of rotatable bonds is 4. The third kappa shape index (κ3) is 2.82. The van der Waals surface area contributed by atoms with E-state index in [0.717, 1.165) is 5.69 Å². The van der Waals surface area contributed by atoms with E-state index in [1.54, 1.807) is 18.0 Å². The van der Waals surface area contributed by atoms with Gasteiger partial charge in [-0.15, -0.1) is 11.3 Å². The Kier molecular flexibility index (Phi) is 4.11. The van der Waals surface area contributed by atoms with Crippen molar-refractivity contribution in [3.63, 3.8) is 0 Å². The third-order valence-electron chi connectivity index (χ3n) is 3.54. The van der Waals surface area contributed by atoms with Crippen LogP contribution in [-0.2, 0) is 4.79 Å². The maximum atomic E-state index is 12.3. The number of fused-ring (bicyclic) bond motifs is 1. The van der Waals surface area contributed by atoms with Gasteiger partial charge in [-0.05, 0) is 23.6 Å². The summed E-state index contributed by atoms with van der Waals surface area (Å²) in [5, 5.41) is 4.67. The number of nitrogens with zero attached hydrogens (tertiary/aromatic N) is 1. The number of likely N-dealkylation sites (N-methyl/N-ethyl adjacent to an activating group) is 1. The summed E-state index contributed by atoms with van der Waals surface area (Å²) < 4.78 is 5.75. The van der Waals surface area contributed by atoms with Gasteiger partial charge in [0.05, 0.1) is 10.6 Å². The first-order valence-corrected chi connectivity index (χ1v) is 7.90. The first-order chi connectivity index (χ1) is 10.7. The topological polar surface area (TPSA) is 58.6 Å². The highest BCUT2D eigenvalue weighted by atomic mass is 32.1. The number of amides is 2. The number of thiophene rings is 1. The molecule has 1 aromatic carbocycles. The normalized spacial score (nSPS) is 16.9. The second kappa shape index (κ2) is 6.19. The summed E-state index contributed by atoms with van der Waals surface area (Å²) >= 11 is 1.39. The van der Waals surface area contributed by atoms with Crippen LogP contribution < -0.4 is 15.0 Å². The summed E-state index contributed by atoms with van der Waals surface area (Å²) in [7, 11) is 1.74. The van der Waals surface area contributed by atoms with Crippen molar-refractivity contribution in [2.45, 2.75) is 12.5 Å². The zero-order valence-corrected chi connectivity index (χ0v) is 12.9. The van der Waals surface area contributed by atoms with Crippen molar-refractivity contribution in [1.82, 2.24) is 5.32 Å². The lowest BCUT2D eigenvalue weighted by molar-refractivity contribution is -0.126. The van der Waals surface area contributed by atoms with Crippen LogP contribution in [0, 0.1) is 0 Å². The smallest absolute Gasteiger partial charge is 0.267 e. The van der Waals surface area contributed by atoms with Gasteiger partial charge in [-0.25, -0.2) is 0 Å². The van der Waals surface area contributed by atoms with Crippen molar-refractivity contribution in [2.24, 2.45) is 0 Å². The summed E-state index contributed by atoms with van der Waals surface area (Å²) in [5.74, 6) is 0.482. The average molecular weight is 316 g/mol. The Bertz CT molecular complexity index is 684. The Labute approximate surface area is 132 Å². The molecule has 1 aromatic heterocycles. The van der Waals surface area contributed by atoms with Gasteiger partial charge in [0.15, 0.2) is 6.10 Å². The van der Waals surface area contributed by atoms with Crippen molar-refractivity contribution in [1.29, 1.82) is 0 Å². The summed E-state index contributed by atoms with van der Waals surface area (Å²) in [6, 6.07) is 11.0. The Morgan fingerprint density at radius 3 is 2.91 bits per heavy atom. The molecule has 0 bridgehead atoms. The van der Waals surface area contributed by atoms with E-state index in [1.807, 2.05) is 35.7 Å². The molecule has 3 rings (SSSR count). The lowest BCUT2D eigenvalue weighted by atomic mass is 10.1. The SMILES string of the molecule is CN1C(=O)C(CCNC(=O)c2cccs2)Oc2ccccc21. The number of carbonyl (C=O) groups excluding carboxylic acids is 2. The van der Waals surface area contributed by atoms with Crippen LogP contribution in [0.4, 0.5) is 5.69 Å². The van der Waals surface area contributed by atoms with Crippen molar-refractivity contribution < 1.29 is 14.3 Å². The van der Waals surface area contributed by atoms with Crippen LogP contribution in [0.25, 0.3) is 0 Å². The molecular formula is C16H16N2O3S. The highest BCUT2D eigenvalue weighted by molar-refractivity contribution is 7.12. The molecule has 1 N–H and O–H groups in total. The highest BCUT2D eigenvalue weighted by Crippen LogP contribution is 2.33. The second-order valence-electron chi connectivity index (χ2n) is 4.99. The van der Waals surface area contributed by atoms with Crippen LogP contribution in [0.2, 0.25) is 0 Å². The van der Waals surface area contributed by atoms with Gasteiger partial charge < -0.3 is 15.0 Å². The Morgan fingerprint density at radius 1 is 1.32 bits per heavy atom. The van der Waals surface area contributed by atoms with Gasteiger partial charge in [-0.2, -0.15) is 0 Å². The van der Waals surface area contributed by atoms with Crippen LogP contribution >= 0.6 is 11.3 Å². The number of benzene rings is 1. The molecule has 1 aliphatic rings. The number of carbonyl (C=O) groups is 2. The van der Waals surface area contributed by atoms with E-state index >= 15 is 0 Å². The fourth-order valence-corrected chi connectivity index (χ4v) is 3.01. The number of nitrogens with one attached hydrogen (secondary N) is 1. The minimum Gasteiger partial charge on any atom is -0.478 e. The van der Waals surface area contributed by atoms with Crippen LogP contribution in [0.3, 0.4) is 0 Å². The maximum absolute atomic E-state index is 12.3. The molecule has 1 aliphatic heterocycles. The molecule has 6 heteroatoms. The summed E-state index contributed by atoms with van der Waals surface area (Å²) in [5.41, 5.74) is 0.770. The molecule has 0 fully saturated rings. The molecule has 1 unspecified atom stereocenters. The number of para-hydroxylation sites is 2. The fraction of sp³-hybridized carbons (Fsp3) is 0.250. The zero-order chi connectivity index (χ0) is 15.5. The molecule has 0 saturated heterocycles. The van der Waals surface area contributed by atoms with Gasteiger partial charge in [0.1, 0.15) is 5.75 Å². The monoisotopic (exact) mass is 316 g/mol. The predicted octanol–water partition coefficient (Wildman–Crippen LogP) is 2.29. The van der Waals surface area contributed by atoms with Gasteiger partial charge in [0.25, 0.3) is 11.8 Å². The van der Waals surface area contributed by atoms with E-state index in [4.69, 9.17) is 4.74 Å². The van der Waals surface area contributed by atoms with E-state index in [9.17, 15) is 9.59 Å². The van der Waals surface area contributed by atoms with Gasteiger partial charge in [0, 0.05) is 20.0 Å². The Balaban J connectivity index is 1.59. The molecule has 2 aromatic rings. The summed E-state index contributed by atoms with van der Waals surface area (Å²) in [6.45, 7) is 0.392. The van der Waals surface area contributed by atoms with E-state index in [2.05, 4.69) is 5.32 Å². The van der Waals surface area contributed by atoms with Crippen molar-refractivity contribution in [3.8, 4) is 5.75 Å². The van der Waals surface area contributed by atoms with E-state index in [0.29, 0.717) is 23.6 Å². The molecule has 0 spiro atoms. The third-order valence-corrected chi connectivity index (χ3v) is 4.41. The minimum atomic E-state index is -0.566. The van der Waals surface area contributed by atoms with Crippen LogP contribution in [0.15, 0.2) is 41.8 Å². The van der Waals surface area contributed by atoms with Gasteiger partial charge in [-0.1, -0.05) is 18.2 Å². The van der Waals surface area contributed by atoms with Gasteiger partial charge >= 0.3 is 0 Å². The van der Waals surface area contributed by atoms with Crippen LogP contribution in [0.5, 0.6) is 5.75 Å².